The third-order valence-electron chi connectivity index (χ3n) is 2.66. The van der Waals surface area contributed by atoms with Crippen molar-refractivity contribution in [1.29, 1.82) is 0 Å². The molecule has 1 rings (SSSR count). The van der Waals surface area contributed by atoms with Crippen LogP contribution in [-0.4, -0.2) is 28.7 Å². The molecule has 0 aromatic heterocycles. The van der Waals surface area contributed by atoms with Crippen molar-refractivity contribution >= 4 is 33.4 Å². The molecule has 0 radical (unpaired) electrons. The maximum atomic E-state index is 13.6. The van der Waals surface area contributed by atoms with Gasteiger partial charge in [-0.2, -0.15) is 0 Å². The Balaban J connectivity index is 2.86. The highest BCUT2D eigenvalue weighted by atomic mass is 79.9. The molecule has 0 fully saturated rings. The SMILES string of the molecule is CC(C)N(CCBr)C(=O)Cc1c(F)cccc1Cl. The van der Waals surface area contributed by atoms with Gasteiger partial charge in [-0.05, 0) is 26.0 Å². The van der Waals surface area contributed by atoms with Crippen LogP contribution in [0.1, 0.15) is 19.4 Å². The Bertz CT molecular complexity index is 405. The van der Waals surface area contributed by atoms with Gasteiger partial charge >= 0.3 is 0 Å². The van der Waals surface area contributed by atoms with Crippen LogP contribution in [0.5, 0.6) is 0 Å². The summed E-state index contributed by atoms with van der Waals surface area (Å²) in [6.45, 7) is 4.47. The number of alkyl halides is 1. The van der Waals surface area contributed by atoms with Gasteiger partial charge in [0.1, 0.15) is 5.82 Å². The molecule has 0 bridgehead atoms. The van der Waals surface area contributed by atoms with Crippen LogP contribution in [0.25, 0.3) is 0 Å². The van der Waals surface area contributed by atoms with E-state index in [-0.39, 0.29) is 23.9 Å². The normalized spacial score (nSPS) is 10.8. The van der Waals surface area contributed by atoms with Gasteiger partial charge in [0.05, 0.1) is 6.42 Å². The van der Waals surface area contributed by atoms with E-state index in [1.165, 1.54) is 12.1 Å². The molecule has 2 nitrogen and oxygen atoms in total. The zero-order valence-corrected chi connectivity index (χ0v) is 12.8. The number of benzene rings is 1. The minimum Gasteiger partial charge on any atom is -0.339 e. The molecule has 0 aliphatic carbocycles. The highest BCUT2D eigenvalue weighted by Gasteiger charge is 2.19. The van der Waals surface area contributed by atoms with E-state index in [0.717, 1.165) is 0 Å². The van der Waals surface area contributed by atoms with Gasteiger partial charge in [-0.1, -0.05) is 33.6 Å². The number of carbonyl (C=O) groups excluding carboxylic acids is 1. The van der Waals surface area contributed by atoms with E-state index in [4.69, 9.17) is 11.6 Å². The average molecular weight is 337 g/mol. The Hall–Kier alpha value is -0.610. The van der Waals surface area contributed by atoms with Crippen LogP contribution in [0.4, 0.5) is 4.39 Å². The minimum atomic E-state index is -0.432. The maximum absolute atomic E-state index is 13.6. The molecule has 0 N–H and O–H groups in total. The summed E-state index contributed by atoms with van der Waals surface area (Å²) < 4.78 is 13.6. The van der Waals surface area contributed by atoms with Crippen LogP contribution in [-0.2, 0) is 11.2 Å². The lowest BCUT2D eigenvalue weighted by Gasteiger charge is -2.26. The summed E-state index contributed by atoms with van der Waals surface area (Å²) in [5, 5.41) is 0.993. The van der Waals surface area contributed by atoms with Crippen LogP contribution in [0, 0.1) is 5.82 Å². The van der Waals surface area contributed by atoms with Crippen molar-refractivity contribution in [2.24, 2.45) is 0 Å². The van der Waals surface area contributed by atoms with E-state index in [1.54, 1.807) is 11.0 Å². The molecule has 18 heavy (non-hydrogen) atoms. The monoisotopic (exact) mass is 335 g/mol. The molecule has 1 aromatic carbocycles. The fraction of sp³-hybridized carbons (Fsp3) is 0.462. The third kappa shape index (κ3) is 3.95. The first-order valence-corrected chi connectivity index (χ1v) is 7.25. The largest absolute Gasteiger partial charge is 0.339 e. The van der Waals surface area contributed by atoms with E-state index in [2.05, 4.69) is 15.9 Å². The molecule has 0 spiro atoms. The highest BCUT2D eigenvalue weighted by Crippen LogP contribution is 2.20. The summed E-state index contributed by atoms with van der Waals surface area (Å²) >= 11 is 9.22. The van der Waals surface area contributed by atoms with Crippen molar-refractivity contribution in [3.05, 3.63) is 34.6 Å². The van der Waals surface area contributed by atoms with E-state index >= 15 is 0 Å². The molecule has 5 heteroatoms. The summed E-state index contributed by atoms with van der Waals surface area (Å²) in [6.07, 6.45) is -0.00329. The van der Waals surface area contributed by atoms with Gasteiger partial charge in [0.15, 0.2) is 0 Å². The number of nitrogens with zero attached hydrogens (tertiary/aromatic N) is 1. The summed E-state index contributed by atoms with van der Waals surface area (Å²) in [5.74, 6) is -0.546. The molecular formula is C13H16BrClFNO. The number of halogens is 3. The maximum Gasteiger partial charge on any atom is 0.227 e. The zero-order valence-electron chi connectivity index (χ0n) is 10.4. The van der Waals surface area contributed by atoms with Gasteiger partial charge in [-0.25, -0.2) is 4.39 Å². The molecule has 1 amide bonds. The number of rotatable bonds is 5. The number of carbonyl (C=O) groups is 1. The van der Waals surface area contributed by atoms with Crippen molar-refractivity contribution in [3.8, 4) is 0 Å². The van der Waals surface area contributed by atoms with Crippen LogP contribution in [0.15, 0.2) is 18.2 Å². The van der Waals surface area contributed by atoms with E-state index in [0.29, 0.717) is 16.9 Å². The Morgan fingerprint density at radius 3 is 2.67 bits per heavy atom. The smallest absolute Gasteiger partial charge is 0.227 e. The number of amides is 1. The van der Waals surface area contributed by atoms with Gasteiger partial charge in [-0.3, -0.25) is 4.79 Å². The Labute approximate surface area is 120 Å². The Morgan fingerprint density at radius 2 is 2.17 bits per heavy atom. The van der Waals surface area contributed by atoms with Crippen molar-refractivity contribution in [3.63, 3.8) is 0 Å². The predicted octanol–water partition coefficient (Wildman–Crippen LogP) is 3.65. The minimum absolute atomic E-state index is 0.00329. The van der Waals surface area contributed by atoms with Crippen LogP contribution < -0.4 is 0 Å². The lowest BCUT2D eigenvalue weighted by Crippen LogP contribution is -2.39. The standard InChI is InChI=1S/C13H16BrClFNO/c1-9(2)17(7-6-14)13(18)8-10-11(15)4-3-5-12(10)16/h3-5,9H,6-8H2,1-2H3. The van der Waals surface area contributed by atoms with Crippen LogP contribution >= 0.6 is 27.5 Å². The molecule has 0 atom stereocenters. The predicted molar refractivity (Wildman–Crippen MR) is 75.8 cm³/mol. The second-order valence-electron chi connectivity index (χ2n) is 4.25. The molecule has 0 unspecified atom stereocenters. The van der Waals surface area contributed by atoms with Gasteiger partial charge in [0, 0.05) is 28.5 Å². The molecule has 100 valence electrons. The molecule has 1 aromatic rings. The summed E-state index contributed by atoms with van der Waals surface area (Å²) in [7, 11) is 0. The number of hydrogen-bond acceptors (Lipinski definition) is 1. The number of hydrogen-bond donors (Lipinski definition) is 0. The molecule has 0 aliphatic rings. The fourth-order valence-electron chi connectivity index (χ4n) is 1.72. The average Bonchev–Trinajstić information content (AvgIpc) is 2.30. The Kier molecular flexibility index (Phi) is 6.09. The van der Waals surface area contributed by atoms with E-state index in [9.17, 15) is 9.18 Å². The molecule has 0 heterocycles. The first-order valence-electron chi connectivity index (χ1n) is 5.75. The molecular weight excluding hydrogens is 321 g/mol. The lowest BCUT2D eigenvalue weighted by molar-refractivity contribution is -0.131. The lowest BCUT2D eigenvalue weighted by atomic mass is 10.1. The van der Waals surface area contributed by atoms with E-state index in [1.807, 2.05) is 13.8 Å². The quantitative estimate of drug-likeness (QED) is 0.752. The molecule has 0 aliphatic heterocycles. The second kappa shape index (κ2) is 7.10. The topological polar surface area (TPSA) is 20.3 Å². The molecule has 0 saturated heterocycles. The molecule has 0 saturated carbocycles. The van der Waals surface area contributed by atoms with Crippen molar-refractivity contribution in [2.75, 3.05) is 11.9 Å². The zero-order chi connectivity index (χ0) is 13.7. The Morgan fingerprint density at radius 1 is 1.50 bits per heavy atom. The van der Waals surface area contributed by atoms with Crippen LogP contribution in [0.3, 0.4) is 0 Å². The van der Waals surface area contributed by atoms with Crippen molar-refractivity contribution < 1.29 is 9.18 Å². The highest BCUT2D eigenvalue weighted by molar-refractivity contribution is 9.09. The van der Waals surface area contributed by atoms with Crippen LogP contribution in [0.2, 0.25) is 5.02 Å². The van der Waals surface area contributed by atoms with Gasteiger partial charge in [0.25, 0.3) is 0 Å². The first-order chi connectivity index (χ1) is 8.47. The van der Waals surface area contributed by atoms with E-state index < -0.39 is 5.82 Å². The second-order valence-corrected chi connectivity index (χ2v) is 5.45. The summed E-state index contributed by atoms with van der Waals surface area (Å²) in [5.41, 5.74) is 0.268. The van der Waals surface area contributed by atoms with Gasteiger partial charge < -0.3 is 4.90 Å². The van der Waals surface area contributed by atoms with Crippen molar-refractivity contribution in [2.45, 2.75) is 26.3 Å². The summed E-state index contributed by atoms with van der Waals surface area (Å²) in [6, 6.07) is 4.53. The van der Waals surface area contributed by atoms with Gasteiger partial charge in [0.2, 0.25) is 5.91 Å². The first kappa shape index (κ1) is 15.4. The third-order valence-corrected chi connectivity index (χ3v) is 3.37. The van der Waals surface area contributed by atoms with Gasteiger partial charge in [-0.15, -0.1) is 0 Å². The fourth-order valence-corrected chi connectivity index (χ4v) is 2.33. The summed E-state index contributed by atoms with van der Waals surface area (Å²) in [4.78, 5) is 13.8. The van der Waals surface area contributed by atoms with Crippen molar-refractivity contribution in [1.82, 2.24) is 4.90 Å².